The van der Waals surface area contributed by atoms with Crippen molar-refractivity contribution in [2.75, 3.05) is 0 Å². The first-order valence-electron chi connectivity index (χ1n) is 3.63. The van der Waals surface area contributed by atoms with Crippen LogP contribution in [-0.2, 0) is 0 Å². The predicted octanol–water partition coefficient (Wildman–Crippen LogP) is 2.81. The summed E-state index contributed by atoms with van der Waals surface area (Å²) in [6, 6.07) is 0. The Morgan fingerprint density at radius 1 is 1.44 bits per heavy atom. The first-order chi connectivity index (χ1) is 4.10. The van der Waals surface area contributed by atoms with Crippen molar-refractivity contribution >= 4 is 0 Å². The van der Waals surface area contributed by atoms with Crippen molar-refractivity contribution in [1.82, 2.24) is 0 Å². The third-order valence-corrected chi connectivity index (χ3v) is 1.87. The molecule has 0 amide bonds. The molecule has 9 heavy (non-hydrogen) atoms. The van der Waals surface area contributed by atoms with Gasteiger partial charge in [-0.25, -0.2) is 0 Å². The number of hydrogen-bond donors (Lipinski definition) is 0. The highest BCUT2D eigenvalue weighted by Crippen LogP contribution is 2.30. The fourth-order valence-corrected chi connectivity index (χ4v) is 1.05. The molecule has 1 aliphatic carbocycles. The summed E-state index contributed by atoms with van der Waals surface area (Å²) in [5, 5.41) is 0. The first kappa shape index (κ1) is 6.85. The first-order valence-corrected chi connectivity index (χ1v) is 3.63. The minimum atomic E-state index is 0.423. The van der Waals surface area contributed by atoms with Crippen molar-refractivity contribution in [2.45, 2.75) is 27.2 Å². The second kappa shape index (κ2) is 2.17. The van der Waals surface area contributed by atoms with Gasteiger partial charge in [-0.05, 0) is 24.2 Å². The van der Waals surface area contributed by atoms with E-state index in [-0.39, 0.29) is 0 Å². The summed E-state index contributed by atoms with van der Waals surface area (Å²) in [4.78, 5) is 0. The van der Waals surface area contributed by atoms with Crippen LogP contribution in [0, 0.1) is 17.8 Å². The average molecular weight is 123 g/mol. The Balaban J connectivity index is 2.58. The second-order valence-corrected chi connectivity index (χ2v) is 3.65. The molecule has 0 aromatic heterocycles. The minimum absolute atomic E-state index is 0.423. The van der Waals surface area contributed by atoms with Crippen molar-refractivity contribution in [3.05, 3.63) is 18.6 Å². The molecule has 0 fully saturated rings. The maximum Gasteiger partial charge on any atom is -0.0172 e. The Hall–Kier alpha value is -0.260. The molecule has 0 spiro atoms. The van der Waals surface area contributed by atoms with Gasteiger partial charge in [0.1, 0.15) is 0 Å². The molecule has 51 valence electrons. The molecule has 0 aromatic rings. The van der Waals surface area contributed by atoms with E-state index in [2.05, 4.69) is 39.3 Å². The van der Waals surface area contributed by atoms with E-state index in [1.165, 1.54) is 6.42 Å². The summed E-state index contributed by atoms with van der Waals surface area (Å²) in [5.74, 6) is 0.693. The molecule has 1 rings (SSSR count). The van der Waals surface area contributed by atoms with Gasteiger partial charge in [0, 0.05) is 0 Å². The van der Waals surface area contributed by atoms with Crippen LogP contribution in [0.1, 0.15) is 27.2 Å². The largest absolute Gasteiger partial charge is 0.0849 e. The smallest absolute Gasteiger partial charge is 0.0172 e. The lowest BCUT2D eigenvalue weighted by Gasteiger charge is -2.26. The Bertz CT molecular complexity index is 120. The maximum atomic E-state index is 2.38. The van der Waals surface area contributed by atoms with E-state index >= 15 is 0 Å². The summed E-state index contributed by atoms with van der Waals surface area (Å²) in [7, 11) is 0. The van der Waals surface area contributed by atoms with Gasteiger partial charge in [-0.2, -0.15) is 0 Å². The molecule has 1 atom stereocenters. The fourth-order valence-electron chi connectivity index (χ4n) is 1.05. The van der Waals surface area contributed by atoms with Crippen LogP contribution in [0.25, 0.3) is 0 Å². The monoisotopic (exact) mass is 123 g/mol. The number of allylic oxidation sites excluding steroid dienone is 2. The molecule has 0 saturated heterocycles. The van der Waals surface area contributed by atoms with Crippen molar-refractivity contribution in [1.29, 1.82) is 0 Å². The third-order valence-electron chi connectivity index (χ3n) is 1.87. The molecule has 1 unspecified atom stereocenters. The molecule has 0 saturated carbocycles. The van der Waals surface area contributed by atoms with Gasteiger partial charge < -0.3 is 0 Å². The molecule has 0 heteroatoms. The highest BCUT2D eigenvalue weighted by Gasteiger charge is 2.18. The van der Waals surface area contributed by atoms with Crippen LogP contribution in [0.4, 0.5) is 0 Å². The van der Waals surface area contributed by atoms with Crippen molar-refractivity contribution in [2.24, 2.45) is 11.3 Å². The van der Waals surface area contributed by atoms with Gasteiger partial charge in [0.25, 0.3) is 0 Å². The topological polar surface area (TPSA) is 0 Å². The van der Waals surface area contributed by atoms with Crippen LogP contribution in [-0.4, -0.2) is 0 Å². The van der Waals surface area contributed by atoms with Gasteiger partial charge >= 0.3 is 0 Å². The van der Waals surface area contributed by atoms with Crippen LogP contribution in [0.3, 0.4) is 0 Å². The van der Waals surface area contributed by atoms with Gasteiger partial charge in [-0.15, -0.1) is 0 Å². The van der Waals surface area contributed by atoms with Gasteiger partial charge in [0.05, 0.1) is 0 Å². The van der Waals surface area contributed by atoms with Crippen LogP contribution in [0.5, 0.6) is 0 Å². The summed E-state index contributed by atoms with van der Waals surface area (Å²) >= 11 is 0. The van der Waals surface area contributed by atoms with Crippen molar-refractivity contribution in [3.63, 3.8) is 0 Å². The molecule has 0 nitrogen and oxygen atoms in total. The third kappa shape index (κ3) is 1.85. The molecule has 1 radical (unpaired) electrons. The van der Waals surface area contributed by atoms with Crippen LogP contribution < -0.4 is 0 Å². The zero-order chi connectivity index (χ0) is 6.91. The zero-order valence-electron chi connectivity index (χ0n) is 6.52. The Morgan fingerprint density at radius 2 is 2.11 bits per heavy atom. The molecular formula is C9H15. The summed E-state index contributed by atoms with van der Waals surface area (Å²) in [6.45, 7) is 6.77. The van der Waals surface area contributed by atoms with Crippen molar-refractivity contribution < 1.29 is 0 Å². The molecule has 1 aliphatic rings. The molecule has 0 bridgehead atoms. The van der Waals surface area contributed by atoms with E-state index < -0.39 is 0 Å². The van der Waals surface area contributed by atoms with Crippen molar-refractivity contribution in [3.8, 4) is 0 Å². The summed E-state index contributed by atoms with van der Waals surface area (Å²) in [6.07, 6.45) is 8.20. The molecular weight excluding hydrogens is 108 g/mol. The lowest BCUT2D eigenvalue weighted by Crippen LogP contribution is -2.14. The summed E-state index contributed by atoms with van der Waals surface area (Å²) < 4.78 is 0. The predicted molar refractivity (Wildman–Crippen MR) is 41.0 cm³/mol. The van der Waals surface area contributed by atoms with Crippen LogP contribution >= 0.6 is 0 Å². The van der Waals surface area contributed by atoms with E-state index in [0.29, 0.717) is 11.3 Å². The van der Waals surface area contributed by atoms with E-state index in [9.17, 15) is 0 Å². The van der Waals surface area contributed by atoms with E-state index in [1.54, 1.807) is 0 Å². The normalized spacial score (nSPS) is 32.6. The molecule has 0 aliphatic heterocycles. The standard InChI is InChI=1S/C9H15/c1-8-4-6-9(2,3)7-5-8/h4-6,8H,7H2,1-3H3. The lowest BCUT2D eigenvalue weighted by atomic mass is 9.79. The maximum absolute atomic E-state index is 2.38. The van der Waals surface area contributed by atoms with E-state index in [4.69, 9.17) is 0 Å². The van der Waals surface area contributed by atoms with Gasteiger partial charge in [-0.3, -0.25) is 0 Å². The fraction of sp³-hybridized carbons (Fsp3) is 0.667. The highest BCUT2D eigenvalue weighted by atomic mass is 14.2. The lowest BCUT2D eigenvalue weighted by molar-refractivity contribution is 0.433. The van der Waals surface area contributed by atoms with Gasteiger partial charge in [0.15, 0.2) is 0 Å². The minimum Gasteiger partial charge on any atom is -0.0849 e. The van der Waals surface area contributed by atoms with E-state index in [0.717, 1.165) is 0 Å². The summed E-state index contributed by atoms with van der Waals surface area (Å²) in [5.41, 5.74) is 0.423. The second-order valence-electron chi connectivity index (χ2n) is 3.65. The average Bonchev–Trinajstić information content (AvgIpc) is 1.78. The molecule has 0 aromatic carbocycles. The van der Waals surface area contributed by atoms with Crippen LogP contribution in [0.2, 0.25) is 0 Å². The molecule has 0 N–H and O–H groups in total. The Morgan fingerprint density at radius 3 is 2.44 bits per heavy atom. The van der Waals surface area contributed by atoms with Gasteiger partial charge in [0.2, 0.25) is 0 Å². The van der Waals surface area contributed by atoms with Crippen LogP contribution in [0.15, 0.2) is 12.2 Å². The Kier molecular flexibility index (Phi) is 1.65. The quantitative estimate of drug-likeness (QED) is 0.434. The zero-order valence-corrected chi connectivity index (χ0v) is 6.52. The highest BCUT2D eigenvalue weighted by molar-refractivity contribution is 5.07. The number of rotatable bonds is 0. The SMILES string of the molecule is CC1[CH]CC(C)(C)C=C1. The Labute approximate surface area is 58.0 Å². The van der Waals surface area contributed by atoms with Gasteiger partial charge in [-0.1, -0.05) is 32.9 Å². The van der Waals surface area contributed by atoms with E-state index in [1.807, 2.05) is 0 Å². The number of hydrogen-bond acceptors (Lipinski definition) is 0. The molecule has 0 heterocycles.